The molecule has 0 unspecified atom stereocenters. The van der Waals surface area contributed by atoms with E-state index in [-0.39, 0.29) is 6.04 Å². The van der Waals surface area contributed by atoms with Crippen molar-refractivity contribution in [2.75, 3.05) is 0 Å². The molecule has 4 rings (SSSR count). The third-order valence-electron chi connectivity index (χ3n) is 5.17. The summed E-state index contributed by atoms with van der Waals surface area (Å²) in [5, 5.41) is 14.2. The van der Waals surface area contributed by atoms with E-state index in [1.165, 1.54) is 5.56 Å². The van der Waals surface area contributed by atoms with Gasteiger partial charge in [0, 0.05) is 29.6 Å². The molecule has 0 saturated carbocycles. The summed E-state index contributed by atoms with van der Waals surface area (Å²) in [7, 11) is 0. The van der Waals surface area contributed by atoms with Gasteiger partial charge in [0.2, 0.25) is 0 Å². The minimum atomic E-state index is -0.118. The summed E-state index contributed by atoms with van der Waals surface area (Å²) in [6.45, 7) is 0.535. The highest BCUT2D eigenvalue weighted by molar-refractivity contribution is 6.17. The van der Waals surface area contributed by atoms with Gasteiger partial charge in [0.05, 0.1) is 29.8 Å². The zero-order valence-corrected chi connectivity index (χ0v) is 17.7. The van der Waals surface area contributed by atoms with Gasteiger partial charge in [0.1, 0.15) is 5.69 Å². The van der Waals surface area contributed by atoms with Crippen LogP contribution in [0.4, 0.5) is 0 Å². The molecule has 0 amide bonds. The molecule has 31 heavy (non-hydrogen) atoms. The molecule has 2 aromatic carbocycles. The lowest BCUT2D eigenvalue weighted by molar-refractivity contribution is 0.499. The number of halogens is 1. The van der Waals surface area contributed by atoms with Crippen molar-refractivity contribution in [3.63, 3.8) is 0 Å². The summed E-state index contributed by atoms with van der Waals surface area (Å²) in [4.78, 5) is 4.13. The Kier molecular flexibility index (Phi) is 6.42. The highest BCUT2D eigenvalue weighted by atomic mass is 35.5. The predicted octanol–water partition coefficient (Wildman–Crippen LogP) is 4.79. The predicted molar refractivity (Wildman–Crippen MR) is 123 cm³/mol. The van der Waals surface area contributed by atoms with Gasteiger partial charge in [-0.05, 0) is 41.8 Å². The minimum absolute atomic E-state index is 0.118. The fourth-order valence-electron chi connectivity index (χ4n) is 3.75. The van der Waals surface area contributed by atoms with Crippen LogP contribution >= 0.6 is 11.6 Å². The first-order chi connectivity index (χ1) is 15.2. The van der Waals surface area contributed by atoms with E-state index >= 15 is 0 Å². The first kappa shape index (κ1) is 20.8. The topological polar surface area (TPSA) is 80.5 Å². The van der Waals surface area contributed by atoms with Crippen LogP contribution in [0.25, 0.3) is 22.4 Å². The van der Waals surface area contributed by atoms with Gasteiger partial charge >= 0.3 is 0 Å². The zero-order chi connectivity index (χ0) is 21.6. The Bertz CT molecular complexity index is 1200. The van der Waals surface area contributed by atoms with Crippen LogP contribution in [-0.4, -0.2) is 20.8 Å². The lowest BCUT2D eigenvalue weighted by Crippen LogP contribution is -2.29. The van der Waals surface area contributed by atoms with E-state index in [2.05, 4.69) is 23.2 Å². The maximum absolute atomic E-state index is 9.34. The Labute approximate surface area is 186 Å². The molecule has 1 atom stereocenters. The van der Waals surface area contributed by atoms with Crippen LogP contribution in [-0.2, 0) is 18.8 Å². The number of alkyl halides is 1. The first-order valence-electron chi connectivity index (χ1n) is 10.1. The van der Waals surface area contributed by atoms with E-state index < -0.39 is 0 Å². The molecule has 0 fully saturated rings. The lowest BCUT2D eigenvalue weighted by atomic mass is 9.99. The van der Waals surface area contributed by atoms with Gasteiger partial charge in [0.25, 0.3) is 0 Å². The Morgan fingerprint density at radius 2 is 1.77 bits per heavy atom. The summed E-state index contributed by atoms with van der Waals surface area (Å²) in [6.07, 6.45) is 4.24. The van der Waals surface area contributed by atoms with Crippen LogP contribution in [0, 0.1) is 11.3 Å². The van der Waals surface area contributed by atoms with Crippen molar-refractivity contribution >= 4 is 11.6 Å². The number of benzene rings is 2. The summed E-state index contributed by atoms with van der Waals surface area (Å²) in [6, 6.07) is 23.6. The summed E-state index contributed by atoms with van der Waals surface area (Å²) >= 11 is 6.42. The van der Waals surface area contributed by atoms with E-state index in [0.717, 1.165) is 34.5 Å². The lowest BCUT2D eigenvalue weighted by Gasteiger charge is -2.14. The molecule has 154 valence electrons. The molecular weight excluding hydrogens is 406 g/mol. The summed E-state index contributed by atoms with van der Waals surface area (Å²) in [5.41, 5.74) is 12.7. The third-order valence-corrected chi connectivity index (χ3v) is 5.42. The zero-order valence-electron chi connectivity index (χ0n) is 16.9. The second-order valence-corrected chi connectivity index (χ2v) is 7.63. The van der Waals surface area contributed by atoms with E-state index in [1.54, 1.807) is 18.5 Å². The number of hydrogen-bond acceptors (Lipinski definition) is 4. The molecule has 2 aromatic heterocycles. The SMILES string of the molecule is N#Cc1cccc(-c2nn(C[C@H](N)Cc3ccccc3)c(CCl)c2-c2ccncc2)c1. The quantitative estimate of drug-likeness (QED) is 0.430. The van der Waals surface area contributed by atoms with Gasteiger partial charge in [0.15, 0.2) is 0 Å². The Balaban J connectivity index is 1.77. The second kappa shape index (κ2) is 9.57. The molecule has 6 heteroatoms. The Morgan fingerprint density at radius 3 is 2.48 bits per heavy atom. The summed E-state index contributed by atoms with van der Waals surface area (Å²) < 4.78 is 1.91. The Hall–Kier alpha value is -3.46. The molecular formula is C25H22ClN5. The molecule has 0 aliphatic rings. The van der Waals surface area contributed by atoms with Gasteiger partial charge in [-0.3, -0.25) is 9.67 Å². The molecule has 0 bridgehead atoms. The van der Waals surface area contributed by atoms with Crippen molar-refractivity contribution in [1.82, 2.24) is 14.8 Å². The Morgan fingerprint density at radius 1 is 1.00 bits per heavy atom. The molecule has 0 spiro atoms. The van der Waals surface area contributed by atoms with Crippen molar-refractivity contribution in [3.8, 4) is 28.5 Å². The number of hydrogen-bond donors (Lipinski definition) is 1. The van der Waals surface area contributed by atoms with Crippen molar-refractivity contribution in [2.24, 2.45) is 5.73 Å². The van der Waals surface area contributed by atoms with E-state index in [1.807, 2.05) is 53.2 Å². The van der Waals surface area contributed by atoms with Crippen LogP contribution in [0.2, 0.25) is 0 Å². The first-order valence-corrected chi connectivity index (χ1v) is 10.6. The fraction of sp³-hybridized carbons (Fsp3) is 0.160. The highest BCUT2D eigenvalue weighted by Gasteiger charge is 2.21. The van der Waals surface area contributed by atoms with Crippen molar-refractivity contribution in [1.29, 1.82) is 5.26 Å². The number of rotatable bonds is 7. The van der Waals surface area contributed by atoms with Crippen molar-refractivity contribution in [2.45, 2.75) is 24.9 Å². The van der Waals surface area contributed by atoms with Crippen LogP contribution in [0.1, 0.15) is 16.8 Å². The molecule has 0 aliphatic carbocycles. The molecule has 2 N–H and O–H groups in total. The molecule has 0 aliphatic heterocycles. The normalized spacial score (nSPS) is 11.8. The molecule has 2 heterocycles. The third kappa shape index (κ3) is 4.66. The molecule has 5 nitrogen and oxygen atoms in total. The average molecular weight is 428 g/mol. The van der Waals surface area contributed by atoms with Crippen LogP contribution < -0.4 is 5.73 Å². The maximum atomic E-state index is 9.34. The standard InChI is InChI=1S/C25H22ClN5/c26-15-23-24(20-9-11-29-12-10-20)25(21-8-4-7-19(13-21)16-27)30-31(23)17-22(28)14-18-5-2-1-3-6-18/h1-13,22H,14-15,17,28H2/t22-/m1/s1. The largest absolute Gasteiger partial charge is 0.326 e. The number of aromatic nitrogens is 3. The minimum Gasteiger partial charge on any atom is -0.326 e. The van der Waals surface area contributed by atoms with E-state index in [0.29, 0.717) is 18.0 Å². The number of nitrogens with two attached hydrogens (primary N) is 1. The van der Waals surface area contributed by atoms with Crippen molar-refractivity contribution < 1.29 is 0 Å². The van der Waals surface area contributed by atoms with Crippen molar-refractivity contribution in [3.05, 3.63) is 95.9 Å². The smallest absolute Gasteiger partial charge is 0.100 e. The highest BCUT2D eigenvalue weighted by Crippen LogP contribution is 2.35. The molecule has 4 aromatic rings. The fourth-order valence-corrected chi connectivity index (χ4v) is 4.02. The second-order valence-electron chi connectivity index (χ2n) is 7.36. The van der Waals surface area contributed by atoms with Gasteiger partial charge in [-0.1, -0.05) is 42.5 Å². The van der Waals surface area contributed by atoms with E-state index in [9.17, 15) is 5.26 Å². The van der Waals surface area contributed by atoms with Gasteiger partial charge < -0.3 is 5.73 Å². The van der Waals surface area contributed by atoms with Gasteiger partial charge in [-0.15, -0.1) is 11.6 Å². The van der Waals surface area contributed by atoms with Crippen LogP contribution in [0.15, 0.2) is 79.1 Å². The monoisotopic (exact) mass is 427 g/mol. The maximum Gasteiger partial charge on any atom is 0.100 e. The number of nitrogens with zero attached hydrogens (tertiary/aromatic N) is 4. The van der Waals surface area contributed by atoms with Crippen LogP contribution in [0.3, 0.4) is 0 Å². The number of pyridine rings is 1. The molecule has 0 radical (unpaired) electrons. The number of nitriles is 1. The average Bonchev–Trinajstić information content (AvgIpc) is 3.18. The van der Waals surface area contributed by atoms with Gasteiger partial charge in [-0.25, -0.2) is 0 Å². The van der Waals surface area contributed by atoms with E-state index in [4.69, 9.17) is 22.4 Å². The summed E-state index contributed by atoms with van der Waals surface area (Å²) in [5.74, 6) is 0.292. The molecule has 0 saturated heterocycles. The van der Waals surface area contributed by atoms with Gasteiger partial charge in [-0.2, -0.15) is 10.4 Å². The van der Waals surface area contributed by atoms with Crippen LogP contribution in [0.5, 0.6) is 0 Å².